The Labute approximate surface area is 123 Å². The summed E-state index contributed by atoms with van der Waals surface area (Å²) in [6.07, 6.45) is 0.658. The number of nitrogens with one attached hydrogen (secondary N) is 1. The minimum absolute atomic E-state index is 0.159. The molecule has 1 atom stereocenters. The van der Waals surface area contributed by atoms with Gasteiger partial charge in [-0.15, -0.1) is 0 Å². The quantitative estimate of drug-likeness (QED) is 0.871. The van der Waals surface area contributed by atoms with Crippen molar-refractivity contribution in [3.8, 4) is 0 Å². The van der Waals surface area contributed by atoms with Crippen LogP contribution in [0.5, 0.6) is 0 Å². The van der Waals surface area contributed by atoms with E-state index in [9.17, 15) is 9.90 Å². The second-order valence-electron chi connectivity index (χ2n) is 5.79. The molecule has 0 bridgehead atoms. The summed E-state index contributed by atoms with van der Waals surface area (Å²) in [6.45, 7) is 8.05. The number of carbonyl (C=O) groups is 1. The second kappa shape index (κ2) is 6.53. The summed E-state index contributed by atoms with van der Waals surface area (Å²) in [4.78, 5) is 12.0. The van der Waals surface area contributed by atoms with Crippen molar-refractivity contribution in [2.75, 3.05) is 6.54 Å². The van der Waals surface area contributed by atoms with E-state index in [-0.39, 0.29) is 12.5 Å². The Morgan fingerprint density at radius 3 is 2.58 bits per heavy atom. The second-order valence-corrected chi connectivity index (χ2v) is 6.71. The maximum Gasteiger partial charge on any atom is 0.251 e. The lowest BCUT2D eigenvalue weighted by Gasteiger charge is -2.25. The highest BCUT2D eigenvalue weighted by atomic mass is 79.9. The molecule has 0 saturated heterocycles. The summed E-state index contributed by atoms with van der Waals surface area (Å²) >= 11 is 3.38. The van der Waals surface area contributed by atoms with Gasteiger partial charge >= 0.3 is 0 Å². The normalized spacial score (nSPS) is 14.3. The number of aryl methyl sites for hydroxylation is 1. The first kappa shape index (κ1) is 16.2. The summed E-state index contributed by atoms with van der Waals surface area (Å²) < 4.78 is 0.881. The van der Waals surface area contributed by atoms with Crippen molar-refractivity contribution in [1.82, 2.24) is 5.32 Å². The highest BCUT2D eigenvalue weighted by Gasteiger charge is 2.22. The molecule has 19 heavy (non-hydrogen) atoms. The highest BCUT2D eigenvalue weighted by Crippen LogP contribution is 2.17. The first-order chi connectivity index (χ1) is 8.69. The van der Waals surface area contributed by atoms with Crippen LogP contribution < -0.4 is 5.32 Å². The number of hydrogen-bond acceptors (Lipinski definition) is 2. The van der Waals surface area contributed by atoms with Gasteiger partial charge in [-0.25, -0.2) is 0 Å². The molecule has 0 aliphatic rings. The molecule has 2 N–H and O–H groups in total. The maximum atomic E-state index is 12.0. The number of carbonyl (C=O) groups excluding carboxylic acids is 1. The van der Waals surface area contributed by atoms with Crippen LogP contribution in [-0.2, 0) is 0 Å². The van der Waals surface area contributed by atoms with Crippen molar-refractivity contribution in [3.63, 3.8) is 0 Å². The van der Waals surface area contributed by atoms with Crippen molar-refractivity contribution < 1.29 is 9.90 Å². The third-order valence-corrected chi connectivity index (χ3v) is 3.24. The van der Waals surface area contributed by atoms with Gasteiger partial charge in [0, 0.05) is 16.6 Å². The minimum Gasteiger partial charge on any atom is -0.388 e. The Balaban J connectivity index is 2.65. The summed E-state index contributed by atoms with van der Waals surface area (Å²) in [6, 6.07) is 5.56. The van der Waals surface area contributed by atoms with Crippen molar-refractivity contribution in [1.29, 1.82) is 0 Å². The Bertz CT molecular complexity index is 435. The van der Waals surface area contributed by atoms with Gasteiger partial charge < -0.3 is 10.4 Å². The van der Waals surface area contributed by atoms with Gasteiger partial charge in [0.2, 0.25) is 0 Å². The molecule has 0 fully saturated rings. The molecule has 106 valence electrons. The Morgan fingerprint density at radius 1 is 1.42 bits per heavy atom. The lowest BCUT2D eigenvalue weighted by atomic mass is 9.94. The molecule has 0 spiro atoms. The van der Waals surface area contributed by atoms with Crippen LogP contribution >= 0.6 is 15.9 Å². The third-order valence-electron chi connectivity index (χ3n) is 2.78. The fourth-order valence-electron chi connectivity index (χ4n) is 2.19. The molecular formula is C15H22BrNO2. The van der Waals surface area contributed by atoms with Crippen molar-refractivity contribution in [2.45, 2.75) is 39.7 Å². The summed E-state index contributed by atoms with van der Waals surface area (Å²) in [5.41, 5.74) is 0.755. The van der Waals surface area contributed by atoms with Crippen LogP contribution in [0.3, 0.4) is 0 Å². The highest BCUT2D eigenvalue weighted by molar-refractivity contribution is 9.10. The molecule has 1 aromatic carbocycles. The molecule has 3 nitrogen and oxygen atoms in total. The monoisotopic (exact) mass is 327 g/mol. The molecule has 1 amide bonds. The van der Waals surface area contributed by atoms with E-state index in [1.54, 1.807) is 13.0 Å². The average molecular weight is 328 g/mol. The van der Waals surface area contributed by atoms with Gasteiger partial charge in [0.15, 0.2) is 0 Å². The zero-order chi connectivity index (χ0) is 14.6. The van der Waals surface area contributed by atoms with Crippen LogP contribution in [0, 0.1) is 12.8 Å². The predicted octanol–water partition coefficient (Wildman–Crippen LogP) is 3.28. The van der Waals surface area contributed by atoms with Gasteiger partial charge in [0.25, 0.3) is 5.91 Å². The molecule has 0 aromatic heterocycles. The molecule has 1 aromatic rings. The number of halogens is 1. The molecule has 1 rings (SSSR count). The summed E-state index contributed by atoms with van der Waals surface area (Å²) in [5, 5.41) is 13.0. The first-order valence-corrected chi connectivity index (χ1v) is 7.27. The molecule has 1 unspecified atom stereocenters. The first-order valence-electron chi connectivity index (χ1n) is 6.47. The standard InChI is InChI=1S/C15H22BrNO2/c1-10(2)8-15(4,19)9-17-14(18)12-5-11(3)6-13(16)7-12/h5-7,10,19H,8-9H2,1-4H3,(H,17,18). The zero-order valence-corrected chi connectivity index (χ0v) is 13.5. The largest absolute Gasteiger partial charge is 0.388 e. The maximum absolute atomic E-state index is 12.0. The number of aliphatic hydroxyl groups is 1. The van der Waals surface area contributed by atoms with E-state index in [1.165, 1.54) is 0 Å². The van der Waals surface area contributed by atoms with Crippen LogP contribution in [-0.4, -0.2) is 23.2 Å². The van der Waals surface area contributed by atoms with Gasteiger partial charge in [-0.1, -0.05) is 29.8 Å². The van der Waals surface area contributed by atoms with E-state index in [4.69, 9.17) is 0 Å². The zero-order valence-electron chi connectivity index (χ0n) is 12.0. The van der Waals surface area contributed by atoms with Crippen LogP contribution in [0.25, 0.3) is 0 Å². The molecule has 4 heteroatoms. The minimum atomic E-state index is -0.870. The third kappa shape index (κ3) is 5.74. The van der Waals surface area contributed by atoms with Crippen molar-refractivity contribution >= 4 is 21.8 Å². The summed E-state index contributed by atoms with van der Waals surface area (Å²) in [7, 11) is 0. The number of benzene rings is 1. The summed E-state index contributed by atoms with van der Waals surface area (Å²) in [5.74, 6) is 0.230. The van der Waals surface area contributed by atoms with E-state index in [0.29, 0.717) is 17.9 Å². The fraction of sp³-hybridized carbons (Fsp3) is 0.533. The van der Waals surface area contributed by atoms with Gasteiger partial charge in [-0.05, 0) is 49.9 Å². The van der Waals surface area contributed by atoms with Gasteiger partial charge in [-0.2, -0.15) is 0 Å². The average Bonchev–Trinajstić information content (AvgIpc) is 2.22. The molecule has 0 aliphatic heterocycles. The van der Waals surface area contributed by atoms with Crippen LogP contribution in [0.1, 0.15) is 43.1 Å². The van der Waals surface area contributed by atoms with Crippen LogP contribution in [0.4, 0.5) is 0 Å². The fourth-order valence-corrected chi connectivity index (χ4v) is 2.80. The molecular weight excluding hydrogens is 306 g/mol. The van der Waals surface area contributed by atoms with E-state index < -0.39 is 5.60 Å². The Kier molecular flexibility index (Phi) is 5.56. The van der Waals surface area contributed by atoms with Crippen molar-refractivity contribution in [3.05, 3.63) is 33.8 Å². The number of hydrogen-bond donors (Lipinski definition) is 2. The molecule has 0 radical (unpaired) electrons. The van der Waals surface area contributed by atoms with E-state index in [0.717, 1.165) is 10.0 Å². The van der Waals surface area contributed by atoms with Gasteiger partial charge in [0.1, 0.15) is 0 Å². The van der Waals surface area contributed by atoms with E-state index in [1.807, 2.05) is 32.9 Å². The predicted molar refractivity (Wildman–Crippen MR) is 81.3 cm³/mol. The molecule has 0 aliphatic carbocycles. The van der Waals surface area contributed by atoms with Crippen molar-refractivity contribution in [2.24, 2.45) is 5.92 Å². The van der Waals surface area contributed by atoms with Gasteiger partial charge in [-0.3, -0.25) is 4.79 Å². The molecule has 0 heterocycles. The SMILES string of the molecule is Cc1cc(Br)cc(C(=O)NCC(C)(O)CC(C)C)c1. The Hall–Kier alpha value is -0.870. The van der Waals surface area contributed by atoms with Crippen LogP contribution in [0.15, 0.2) is 22.7 Å². The number of amides is 1. The van der Waals surface area contributed by atoms with Crippen LogP contribution in [0.2, 0.25) is 0 Å². The number of rotatable bonds is 5. The van der Waals surface area contributed by atoms with Gasteiger partial charge in [0.05, 0.1) is 5.60 Å². The Morgan fingerprint density at radius 2 is 2.05 bits per heavy atom. The van der Waals surface area contributed by atoms with E-state index in [2.05, 4.69) is 21.2 Å². The topological polar surface area (TPSA) is 49.3 Å². The smallest absolute Gasteiger partial charge is 0.251 e. The lowest BCUT2D eigenvalue weighted by molar-refractivity contribution is 0.0368. The molecule has 0 saturated carbocycles. The van der Waals surface area contributed by atoms with E-state index >= 15 is 0 Å². The lowest BCUT2D eigenvalue weighted by Crippen LogP contribution is -2.41.